The van der Waals surface area contributed by atoms with Crippen LogP contribution in [0, 0.1) is 6.92 Å². The van der Waals surface area contributed by atoms with Gasteiger partial charge < -0.3 is 10.1 Å². The first kappa shape index (κ1) is 14.4. The minimum Gasteiger partial charge on any atom is -0.497 e. The first-order valence-corrected chi connectivity index (χ1v) is 6.83. The summed E-state index contributed by atoms with van der Waals surface area (Å²) in [5.74, 6) is 1.81. The van der Waals surface area contributed by atoms with Crippen LogP contribution < -0.4 is 10.1 Å². The number of aromatic nitrogens is 1. The minimum absolute atomic E-state index is 0.0255. The molecular formula is C17H22N2O. The van der Waals surface area contributed by atoms with Crippen molar-refractivity contribution in [1.82, 2.24) is 4.98 Å². The summed E-state index contributed by atoms with van der Waals surface area (Å²) in [6.45, 7) is 7.27. The number of benzene rings is 1. The highest BCUT2D eigenvalue weighted by Crippen LogP contribution is 2.25. The molecule has 0 atom stereocenters. The molecule has 3 heteroatoms. The summed E-state index contributed by atoms with van der Waals surface area (Å²) in [4.78, 5) is 4.47. The van der Waals surface area contributed by atoms with E-state index < -0.39 is 0 Å². The van der Waals surface area contributed by atoms with Gasteiger partial charge in [0.25, 0.3) is 0 Å². The molecule has 20 heavy (non-hydrogen) atoms. The van der Waals surface area contributed by atoms with Crippen molar-refractivity contribution in [3.8, 4) is 5.75 Å². The molecule has 0 radical (unpaired) electrons. The van der Waals surface area contributed by atoms with Crippen LogP contribution in [-0.4, -0.2) is 18.6 Å². The third-order valence-electron chi connectivity index (χ3n) is 3.47. The van der Waals surface area contributed by atoms with Crippen molar-refractivity contribution in [2.45, 2.75) is 26.2 Å². The van der Waals surface area contributed by atoms with Crippen molar-refractivity contribution in [2.75, 3.05) is 19.0 Å². The zero-order chi connectivity index (χ0) is 14.6. The molecule has 2 rings (SSSR count). The Kier molecular flexibility index (Phi) is 4.28. The Bertz CT molecular complexity index is 561. The zero-order valence-electron chi connectivity index (χ0n) is 12.6. The Morgan fingerprint density at radius 2 is 1.80 bits per heavy atom. The summed E-state index contributed by atoms with van der Waals surface area (Å²) < 4.78 is 5.20. The number of aryl methyl sites for hydroxylation is 1. The van der Waals surface area contributed by atoms with E-state index in [9.17, 15) is 0 Å². The molecule has 0 saturated heterocycles. The van der Waals surface area contributed by atoms with Gasteiger partial charge in [0, 0.05) is 17.7 Å². The molecule has 0 fully saturated rings. The average molecular weight is 270 g/mol. The third kappa shape index (κ3) is 3.50. The van der Waals surface area contributed by atoms with E-state index in [-0.39, 0.29) is 5.41 Å². The first-order chi connectivity index (χ1) is 9.51. The predicted molar refractivity (Wildman–Crippen MR) is 83.5 cm³/mol. The van der Waals surface area contributed by atoms with E-state index in [0.29, 0.717) is 0 Å². The Morgan fingerprint density at radius 3 is 2.40 bits per heavy atom. The van der Waals surface area contributed by atoms with Crippen molar-refractivity contribution in [3.63, 3.8) is 0 Å². The quantitative estimate of drug-likeness (QED) is 0.897. The molecule has 1 aromatic carbocycles. The molecule has 0 aliphatic carbocycles. The normalized spacial score (nSPS) is 11.2. The average Bonchev–Trinajstić information content (AvgIpc) is 2.45. The van der Waals surface area contributed by atoms with E-state index in [4.69, 9.17) is 4.74 Å². The first-order valence-electron chi connectivity index (χ1n) is 6.83. The van der Waals surface area contributed by atoms with Gasteiger partial charge in [-0.2, -0.15) is 0 Å². The van der Waals surface area contributed by atoms with Crippen LogP contribution in [0.2, 0.25) is 0 Å². The lowest BCUT2D eigenvalue weighted by atomic mass is 9.84. The van der Waals surface area contributed by atoms with Crippen LogP contribution in [0.15, 0.2) is 42.5 Å². The molecule has 0 unspecified atom stereocenters. The zero-order valence-corrected chi connectivity index (χ0v) is 12.6. The van der Waals surface area contributed by atoms with E-state index in [1.54, 1.807) is 7.11 Å². The fourth-order valence-electron chi connectivity index (χ4n) is 2.10. The van der Waals surface area contributed by atoms with E-state index in [2.05, 4.69) is 36.3 Å². The maximum Gasteiger partial charge on any atom is 0.126 e. The lowest BCUT2D eigenvalue weighted by molar-refractivity contribution is 0.414. The van der Waals surface area contributed by atoms with Gasteiger partial charge in [0.2, 0.25) is 0 Å². The lowest BCUT2D eigenvalue weighted by Gasteiger charge is -2.26. The number of pyridine rings is 1. The summed E-state index contributed by atoms with van der Waals surface area (Å²) in [5.41, 5.74) is 2.33. The summed E-state index contributed by atoms with van der Waals surface area (Å²) in [7, 11) is 1.69. The lowest BCUT2D eigenvalue weighted by Crippen LogP contribution is -2.27. The van der Waals surface area contributed by atoms with Gasteiger partial charge in [-0.3, -0.25) is 0 Å². The summed E-state index contributed by atoms with van der Waals surface area (Å²) >= 11 is 0. The molecular weight excluding hydrogens is 248 g/mol. The molecule has 0 aliphatic rings. The van der Waals surface area contributed by atoms with Crippen LogP contribution in [0.5, 0.6) is 5.75 Å². The molecule has 2 aromatic rings. The molecule has 0 spiro atoms. The second-order valence-corrected chi connectivity index (χ2v) is 5.63. The maximum atomic E-state index is 5.20. The number of anilines is 1. The molecule has 1 heterocycles. The van der Waals surface area contributed by atoms with Crippen LogP contribution in [0.25, 0.3) is 0 Å². The third-order valence-corrected chi connectivity index (χ3v) is 3.47. The van der Waals surface area contributed by atoms with Gasteiger partial charge in [-0.15, -0.1) is 0 Å². The molecule has 0 aliphatic heterocycles. The minimum atomic E-state index is 0.0255. The summed E-state index contributed by atoms with van der Waals surface area (Å²) in [6, 6.07) is 14.3. The standard InChI is InChI=1S/C17H22N2O/c1-13-6-5-7-16(19-13)18-12-17(2,3)14-8-10-15(20-4)11-9-14/h5-11H,12H2,1-4H3,(H,18,19). The van der Waals surface area contributed by atoms with Gasteiger partial charge in [0.05, 0.1) is 7.11 Å². The van der Waals surface area contributed by atoms with Crippen molar-refractivity contribution in [1.29, 1.82) is 0 Å². The van der Waals surface area contributed by atoms with E-state index in [0.717, 1.165) is 23.8 Å². The van der Waals surface area contributed by atoms with Crippen LogP contribution in [0.1, 0.15) is 25.1 Å². The molecule has 1 aromatic heterocycles. The second kappa shape index (κ2) is 5.95. The van der Waals surface area contributed by atoms with Crippen LogP contribution in [-0.2, 0) is 5.41 Å². The van der Waals surface area contributed by atoms with Gasteiger partial charge in [0.1, 0.15) is 11.6 Å². The van der Waals surface area contributed by atoms with Crippen LogP contribution in [0.3, 0.4) is 0 Å². The van der Waals surface area contributed by atoms with Crippen molar-refractivity contribution < 1.29 is 4.74 Å². The Morgan fingerprint density at radius 1 is 1.10 bits per heavy atom. The van der Waals surface area contributed by atoms with Crippen LogP contribution in [0.4, 0.5) is 5.82 Å². The monoisotopic (exact) mass is 270 g/mol. The predicted octanol–water partition coefficient (Wildman–Crippen LogP) is 3.79. The highest BCUT2D eigenvalue weighted by Gasteiger charge is 2.20. The van der Waals surface area contributed by atoms with E-state index >= 15 is 0 Å². The largest absolute Gasteiger partial charge is 0.497 e. The van der Waals surface area contributed by atoms with E-state index in [1.165, 1.54) is 5.56 Å². The summed E-state index contributed by atoms with van der Waals surface area (Å²) in [5, 5.41) is 3.41. The molecule has 0 amide bonds. The summed E-state index contributed by atoms with van der Waals surface area (Å²) in [6.07, 6.45) is 0. The number of methoxy groups -OCH3 is 1. The van der Waals surface area contributed by atoms with Gasteiger partial charge in [0.15, 0.2) is 0 Å². The number of hydrogen-bond acceptors (Lipinski definition) is 3. The van der Waals surface area contributed by atoms with Gasteiger partial charge in [-0.05, 0) is 36.8 Å². The highest BCUT2D eigenvalue weighted by atomic mass is 16.5. The van der Waals surface area contributed by atoms with Crippen molar-refractivity contribution in [2.24, 2.45) is 0 Å². The van der Waals surface area contributed by atoms with Gasteiger partial charge in [-0.1, -0.05) is 32.0 Å². The van der Waals surface area contributed by atoms with Crippen LogP contribution >= 0.6 is 0 Å². The Balaban J connectivity index is 2.06. The van der Waals surface area contributed by atoms with Gasteiger partial charge in [-0.25, -0.2) is 4.98 Å². The van der Waals surface area contributed by atoms with Crippen molar-refractivity contribution in [3.05, 3.63) is 53.7 Å². The second-order valence-electron chi connectivity index (χ2n) is 5.63. The number of ether oxygens (including phenoxy) is 1. The fraction of sp³-hybridized carbons (Fsp3) is 0.353. The molecule has 106 valence electrons. The maximum absolute atomic E-state index is 5.20. The number of rotatable bonds is 5. The highest BCUT2D eigenvalue weighted by molar-refractivity contribution is 5.38. The molecule has 1 N–H and O–H groups in total. The number of hydrogen-bond donors (Lipinski definition) is 1. The SMILES string of the molecule is COc1ccc(C(C)(C)CNc2cccc(C)n2)cc1. The van der Waals surface area contributed by atoms with E-state index in [1.807, 2.05) is 37.3 Å². The Hall–Kier alpha value is -2.03. The Labute approximate surface area is 121 Å². The molecule has 0 bridgehead atoms. The molecule has 0 saturated carbocycles. The topological polar surface area (TPSA) is 34.1 Å². The number of nitrogens with one attached hydrogen (secondary N) is 1. The fourth-order valence-corrected chi connectivity index (χ4v) is 2.10. The van der Waals surface area contributed by atoms with Gasteiger partial charge >= 0.3 is 0 Å². The van der Waals surface area contributed by atoms with Crippen molar-refractivity contribution >= 4 is 5.82 Å². The molecule has 3 nitrogen and oxygen atoms in total. The smallest absolute Gasteiger partial charge is 0.126 e. The number of nitrogens with zero attached hydrogens (tertiary/aromatic N) is 1.